The van der Waals surface area contributed by atoms with E-state index in [1.807, 2.05) is 29.6 Å². The number of thioether (sulfide) groups is 2. The Morgan fingerprint density at radius 1 is 1.32 bits per heavy atom. The van der Waals surface area contributed by atoms with Crippen molar-refractivity contribution in [2.45, 2.75) is 36.8 Å². The van der Waals surface area contributed by atoms with Crippen molar-refractivity contribution in [1.82, 2.24) is 0 Å². The fourth-order valence-corrected chi connectivity index (χ4v) is 5.90. The van der Waals surface area contributed by atoms with Crippen LogP contribution < -0.4 is 5.73 Å². The molecule has 0 bridgehead atoms. The number of fused-ring (bicyclic) bond motifs is 1. The number of hydrogen-bond acceptors (Lipinski definition) is 4. The van der Waals surface area contributed by atoms with Crippen LogP contribution in [0.1, 0.15) is 31.4 Å². The molecule has 0 aliphatic heterocycles. The van der Waals surface area contributed by atoms with E-state index in [9.17, 15) is 5.11 Å². The van der Waals surface area contributed by atoms with Gasteiger partial charge in [-0.2, -0.15) is 0 Å². The van der Waals surface area contributed by atoms with Crippen LogP contribution in [-0.2, 0) is 10.5 Å². The first-order valence-corrected chi connectivity index (χ1v) is 8.47. The predicted molar refractivity (Wildman–Crippen MR) is 89.6 cm³/mol. The number of benzene rings is 1. The summed E-state index contributed by atoms with van der Waals surface area (Å²) in [6, 6.07) is 5.91. The average Bonchev–Trinajstić information content (AvgIpc) is 2.35. The first kappa shape index (κ1) is 17.0. The second-order valence-electron chi connectivity index (χ2n) is 4.52. The molecule has 0 heterocycles. The highest BCUT2D eigenvalue weighted by atomic mass is 35.5. The molecule has 1 atom stereocenters. The third-order valence-electron chi connectivity index (χ3n) is 3.40. The molecule has 1 aliphatic carbocycles. The summed E-state index contributed by atoms with van der Waals surface area (Å²) in [6.07, 6.45) is 2.05. The van der Waals surface area contributed by atoms with Gasteiger partial charge in [-0.15, -0.1) is 35.9 Å². The van der Waals surface area contributed by atoms with Crippen LogP contribution in [0.4, 0.5) is 0 Å². The van der Waals surface area contributed by atoms with Gasteiger partial charge in [-0.05, 0) is 47.6 Å². The Balaban J connectivity index is 0.00000180. The van der Waals surface area contributed by atoms with Crippen LogP contribution in [0, 0.1) is 0 Å². The molecule has 108 valence electrons. The van der Waals surface area contributed by atoms with E-state index in [-0.39, 0.29) is 22.5 Å². The van der Waals surface area contributed by atoms with Crippen molar-refractivity contribution in [1.29, 1.82) is 0 Å². The molecule has 1 aromatic carbocycles. The number of rotatable bonds is 4. The molecular weight excluding hydrogens is 298 g/mol. The van der Waals surface area contributed by atoms with Crippen molar-refractivity contribution >= 4 is 35.9 Å². The number of hydrogen-bond donors (Lipinski definition) is 2. The third-order valence-corrected chi connectivity index (χ3v) is 6.59. The standard InChI is InChI=1S/C14H21NOS2.ClH/c1-3-17-14(18-4-2)12-9-11(16)7-5-10(12)6-8-13(14)15;/h5,7,9,13,16H,3-4,6,8,15H2,1-2H3;1H. The number of aryl methyl sites for hydroxylation is 1. The smallest absolute Gasteiger partial charge is 0.115 e. The van der Waals surface area contributed by atoms with E-state index in [4.69, 9.17) is 5.73 Å². The van der Waals surface area contributed by atoms with Gasteiger partial charge in [0.25, 0.3) is 0 Å². The molecule has 0 fully saturated rings. The Labute approximate surface area is 130 Å². The zero-order valence-electron chi connectivity index (χ0n) is 11.4. The monoisotopic (exact) mass is 319 g/mol. The second kappa shape index (κ2) is 7.11. The normalized spacial score (nSPS) is 20.5. The average molecular weight is 320 g/mol. The zero-order chi connectivity index (χ0) is 13.2. The number of nitrogens with two attached hydrogens (primary N) is 1. The summed E-state index contributed by atoms with van der Waals surface area (Å²) < 4.78 is -0.0875. The highest BCUT2D eigenvalue weighted by Gasteiger charge is 2.43. The summed E-state index contributed by atoms with van der Waals surface area (Å²) in [4.78, 5) is 0. The molecule has 1 aliphatic rings. The maximum atomic E-state index is 9.78. The highest BCUT2D eigenvalue weighted by molar-refractivity contribution is 8.17. The summed E-state index contributed by atoms with van der Waals surface area (Å²) in [5.41, 5.74) is 9.01. The Bertz CT molecular complexity index is 422. The summed E-state index contributed by atoms with van der Waals surface area (Å²) in [6.45, 7) is 4.35. The van der Waals surface area contributed by atoms with E-state index in [0.717, 1.165) is 24.3 Å². The van der Waals surface area contributed by atoms with E-state index >= 15 is 0 Å². The minimum Gasteiger partial charge on any atom is -0.508 e. The minimum atomic E-state index is -0.0875. The third kappa shape index (κ3) is 3.18. The van der Waals surface area contributed by atoms with Crippen LogP contribution in [0.3, 0.4) is 0 Å². The van der Waals surface area contributed by atoms with Crippen molar-refractivity contribution in [3.05, 3.63) is 29.3 Å². The topological polar surface area (TPSA) is 46.2 Å². The molecule has 2 nitrogen and oxygen atoms in total. The van der Waals surface area contributed by atoms with Gasteiger partial charge in [-0.1, -0.05) is 19.9 Å². The van der Waals surface area contributed by atoms with Gasteiger partial charge in [-0.3, -0.25) is 0 Å². The first-order valence-electron chi connectivity index (χ1n) is 6.50. The first-order chi connectivity index (χ1) is 8.64. The molecule has 0 spiro atoms. The Morgan fingerprint density at radius 2 is 1.95 bits per heavy atom. The predicted octanol–water partition coefficient (Wildman–Crippen LogP) is 3.75. The molecule has 0 aromatic heterocycles. The second-order valence-corrected chi connectivity index (χ2v) is 7.80. The van der Waals surface area contributed by atoms with Crippen molar-refractivity contribution < 1.29 is 5.11 Å². The van der Waals surface area contributed by atoms with Gasteiger partial charge in [0.05, 0.1) is 0 Å². The van der Waals surface area contributed by atoms with Gasteiger partial charge in [-0.25, -0.2) is 0 Å². The van der Waals surface area contributed by atoms with Crippen LogP contribution in [0.5, 0.6) is 5.75 Å². The summed E-state index contributed by atoms with van der Waals surface area (Å²) in [7, 11) is 0. The lowest BCUT2D eigenvalue weighted by Crippen LogP contribution is -2.44. The lowest BCUT2D eigenvalue weighted by Gasteiger charge is -2.42. The van der Waals surface area contributed by atoms with E-state index < -0.39 is 0 Å². The minimum absolute atomic E-state index is 0. The fraction of sp³-hybridized carbons (Fsp3) is 0.571. The van der Waals surface area contributed by atoms with Crippen molar-refractivity contribution in [3.8, 4) is 5.75 Å². The van der Waals surface area contributed by atoms with Gasteiger partial charge >= 0.3 is 0 Å². The van der Waals surface area contributed by atoms with Crippen molar-refractivity contribution in [2.75, 3.05) is 11.5 Å². The lowest BCUT2D eigenvalue weighted by molar-refractivity contribution is 0.469. The number of halogens is 1. The summed E-state index contributed by atoms with van der Waals surface area (Å²) in [5, 5.41) is 9.78. The van der Waals surface area contributed by atoms with E-state index in [1.54, 1.807) is 6.07 Å². The molecule has 1 unspecified atom stereocenters. The van der Waals surface area contributed by atoms with E-state index in [0.29, 0.717) is 5.75 Å². The molecular formula is C14H22ClNOS2. The van der Waals surface area contributed by atoms with E-state index in [1.165, 1.54) is 11.1 Å². The van der Waals surface area contributed by atoms with Crippen LogP contribution in [-0.4, -0.2) is 22.7 Å². The van der Waals surface area contributed by atoms with Crippen LogP contribution in [0.2, 0.25) is 0 Å². The summed E-state index contributed by atoms with van der Waals surface area (Å²) >= 11 is 3.82. The number of phenols is 1. The fourth-order valence-electron chi connectivity index (χ4n) is 2.65. The maximum Gasteiger partial charge on any atom is 0.115 e. The summed E-state index contributed by atoms with van der Waals surface area (Å²) in [5.74, 6) is 2.42. The number of phenolic OH excluding ortho intramolecular Hbond substituents is 1. The molecule has 1 aromatic rings. The maximum absolute atomic E-state index is 9.78. The molecule has 5 heteroatoms. The molecule has 0 radical (unpaired) electrons. The molecule has 19 heavy (non-hydrogen) atoms. The quantitative estimate of drug-likeness (QED) is 0.830. The van der Waals surface area contributed by atoms with Crippen LogP contribution in [0.15, 0.2) is 18.2 Å². The molecule has 0 saturated heterocycles. The van der Waals surface area contributed by atoms with Gasteiger partial charge in [0, 0.05) is 6.04 Å². The zero-order valence-corrected chi connectivity index (χ0v) is 13.8. The Morgan fingerprint density at radius 3 is 2.53 bits per heavy atom. The Hall–Kier alpha value is -0.0300. The number of aromatic hydroxyl groups is 1. The molecule has 2 rings (SSSR count). The highest BCUT2D eigenvalue weighted by Crippen LogP contribution is 2.53. The van der Waals surface area contributed by atoms with Crippen LogP contribution >= 0.6 is 35.9 Å². The van der Waals surface area contributed by atoms with Crippen molar-refractivity contribution in [2.24, 2.45) is 5.73 Å². The van der Waals surface area contributed by atoms with Gasteiger partial charge in [0.15, 0.2) is 0 Å². The largest absolute Gasteiger partial charge is 0.508 e. The van der Waals surface area contributed by atoms with Gasteiger partial charge < -0.3 is 10.8 Å². The Kier molecular flexibility index (Phi) is 6.37. The molecule has 0 saturated carbocycles. The SMILES string of the molecule is CCSC1(SCC)c2cc(O)ccc2CCC1N.Cl. The van der Waals surface area contributed by atoms with Gasteiger partial charge in [0.2, 0.25) is 0 Å². The lowest BCUT2D eigenvalue weighted by atomic mass is 9.87. The van der Waals surface area contributed by atoms with Gasteiger partial charge in [0.1, 0.15) is 9.83 Å². The van der Waals surface area contributed by atoms with Crippen molar-refractivity contribution in [3.63, 3.8) is 0 Å². The van der Waals surface area contributed by atoms with E-state index in [2.05, 4.69) is 19.9 Å². The molecule has 0 amide bonds. The molecule has 3 N–H and O–H groups in total. The van der Waals surface area contributed by atoms with Crippen LogP contribution in [0.25, 0.3) is 0 Å².